The number of hydrogen-bond donors (Lipinski definition) is 2. The SMILES string of the molecule is CCCCCCC[N+](C)(C)C(C)(O)COP(=O)([O-])O.[Na+]. The van der Waals surface area contributed by atoms with Gasteiger partial charge in [0.2, 0.25) is 5.72 Å². The molecule has 2 unspecified atom stereocenters. The average Bonchev–Trinajstić information content (AvgIpc) is 2.25. The van der Waals surface area contributed by atoms with Crippen LogP contribution in [-0.4, -0.2) is 47.5 Å². The van der Waals surface area contributed by atoms with Crippen molar-refractivity contribution in [2.24, 2.45) is 0 Å². The topological polar surface area (TPSA) is 89.8 Å². The number of phosphoric acid groups is 1. The maximum atomic E-state index is 10.6. The molecule has 2 N–H and O–H groups in total. The zero-order valence-corrected chi connectivity index (χ0v) is 16.4. The van der Waals surface area contributed by atoms with Crippen LogP contribution in [0.3, 0.4) is 0 Å². The fourth-order valence-corrected chi connectivity index (χ4v) is 2.14. The third-order valence-corrected chi connectivity index (χ3v) is 4.08. The Morgan fingerprint density at radius 2 is 1.75 bits per heavy atom. The first-order valence-electron chi connectivity index (χ1n) is 6.75. The normalized spacial score (nSPS) is 17.9. The van der Waals surface area contributed by atoms with Gasteiger partial charge in [0, 0.05) is 6.92 Å². The van der Waals surface area contributed by atoms with Gasteiger partial charge in [-0.25, -0.2) is 0 Å². The van der Waals surface area contributed by atoms with Crippen molar-refractivity contribution in [3.8, 4) is 0 Å². The van der Waals surface area contributed by atoms with Gasteiger partial charge in [-0.3, -0.25) is 9.05 Å². The summed E-state index contributed by atoms with van der Waals surface area (Å²) in [5.41, 5.74) is -1.37. The molecule has 6 nitrogen and oxygen atoms in total. The molecule has 0 aliphatic heterocycles. The molecule has 0 aromatic carbocycles. The number of aliphatic hydroxyl groups is 1. The van der Waals surface area contributed by atoms with Crippen molar-refractivity contribution in [3.05, 3.63) is 0 Å². The van der Waals surface area contributed by atoms with Gasteiger partial charge in [0.25, 0.3) is 7.82 Å². The van der Waals surface area contributed by atoms with Crippen molar-refractivity contribution in [3.63, 3.8) is 0 Å². The van der Waals surface area contributed by atoms with Crippen LogP contribution in [0.2, 0.25) is 0 Å². The number of hydrogen-bond acceptors (Lipinski definition) is 4. The monoisotopic (exact) mass is 320 g/mol. The van der Waals surface area contributed by atoms with Crippen molar-refractivity contribution in [2.75, 3.05) is 27.2 Å². The maximum absolute atomic E-state index is 10.6. The van der Waals surface area contributed by atoms with Crippen LogP contribution >= 0.6 is 7.82 Å². The average molecular weight is 320 g/mol. The van der Waals surface area contributed by atoms with Gasteiger partial charge in [-0.15, -0.1) is 0 Å². The molecule has 2 atom stereocenters. The molecule has 0 aliphatic carbocycles. The molecular weight excluding hydrogens is 292 g/mol. The molecule has 20 heavy (non-hydrogen) atoms. The Morgan fingerprint density at radius 1 is 1.25 bits per heavy atom. The van der Waals surface area contributed by atoms with Crippen LogP contribution in [0, 0.1) is 0 Å². The predicted octanol–water partition coefficient (Wildman–Crippen LogP) is -1.78. The summed E-state index contributed by atoms with van der Waals surface area (Å²) >= 11 is 0. The van der Waals surface area contributed by atoms with E-state index in [-0.39, 0.29) is 34.0 Å². The standard InChI is InChI=1S/C12H28NO5P.Na/c1-5-6-7-8-9-10-13(3,4)12(2,14)11-18-19(15,16)17;/h14H,5-11H2,1-4H3,(H-,15,16,17);/q;+1. The summed E-state index contributed by atoms with van der Waals surface area (Å²) < 4.78 is 15.1. The molecule has 0 saturated heterocycles. The van der Waals surface area contributed by atoms with Gasteiger partial charge in [0.1, 0.15) is 6.61 Å². The first kappa shape index (κ1) is 23.3. The Kier molecular flexibility index (Phi) is 11.6. The van der Waals surface area contributed by atoms with Crippen LogP contribution in [0.5, 0.6) is 0 Å². The molecular formula is C12H28NNaO5P+. The molecule has 116 valence electrons. The molecule has 0 fully saturated rings. The van der Waals surface area contributed by atoms with Crippen LogP contribution in [0.25, 0.3) is 0 Å². The second-order valence-corrected chi connectivity index (χ2v) is 6.98. The van der Waals surface area contributed by atoms with Gasteiger partial charge < -0.3 is 19.4 Å². The van der Waals surface area contributed by atoms with Crippen molar-refractivity contribution in [1.29, 1.82) is 0 Å². The number of rotatable bonds is 10. The van der Waals surface area contributed by atoms with Gasteiger partial charge in [-0.1, -0.05) is 26.2 Å². The minimum absolute atomic E-state index is 0. The zero-order valence-electron chi connectivity index (χ0n) is 13.5. The Hall–Kier alpha value is 1.03. The molecule has 0 spiro atoms. The molecule has 0 bridgehead atoms. The second-order valence-electron chi connectivity index (χ2n) is 5.78. The molecule has 0 radical (unpaired) electrons. The summed E-state index contributed by atoms with van der Waals surface area (Å²) in [5.74, 6) is 0. The molecule has 0 amide bonds. The quantitative estimate of drug-likeness (QED) is 0.163. The van der Waals surface area contributed by atoms with Gasteiger partial charge in [0.15, 0.2) is 0 Å². The minimum Gasteiger partial charge on any atom is -0.756 e. The third-order valence-electron chi connectivity index (χ3n) is 3.63. The molecule has 8 heteroatoms. The molecule has 0 aliphatic rings. The largest absolute Gasteiger partial charge is 1.00 e. The summed E-state index contributed by atoms with van der Waals surface area (Å²) in [6.07, 6.45) is 5.60. The smallest absolute Gasteiger partial charge is 0.756 e. The first-order valence-corrected chi connectivity index (χ1v) is 8.25. The maximum Gasteiger partial charge on any atom is 1.00 e. The third kappa shape index (κ3) is 9.87. The summed E-state index contributed by atoms with van der Waals surface area (Å²) in [6.45, 7) is 3.92. The van der Waals surface area contributed by atoms with E-state index in [1.54, 1.807) is 0 Å². The van der Waals surface area contributed by atoms with E-state index in [0.29, 0.717) is 6.54 Å². The minimum atomic E-state index is -4.79. The van der Waals surface area contributed by atoms with E-state index in [1.165, 1.54) is 26.2 Å². The molecule has 0 saturated carbocycles. The molecule has 0 rings (SSSR count). The predicted molar refractivity (Wildman–Crippen MR) is 72.1 cm³/mol. The number of quaternary nitrogens is 1. The van der Waals surface area contributed by atoms with E-state index in [1.807, 2.05) is 14.1 Å². The van der Waals surface area contributed by atoms with E-state index < -0.39 is 20.2 Å². The fourth-order valence-electron chi connectivity index (χ4n) is 1.73. The van der Waals surface area contributed by atoms with Crippen molar-refractivity contribution < 1.29 is 58.0 Å². The number of likely N-dealkylation sites (N-methyl/N-ethyl adjacent to an activating group) is 1. The Morgan fingerprint density at radius 3 is 2.20 bits per heavy atom. The van der Waals surface area contributed by atoms with Crippen molar-refractivity contribution in [1.82, 2.24) is 0 Å². The van der Waals surface area contributed by atoms with E-state index in [0.717, 1.165) is 12.8 Å². The molecule has 0 heterocycles. The second kappa shape index (κ2) is 9.93. The van der Waals surface area contributed by atoms with Gasteiger partial charge in [0.05, 0.1) is 20.6 Å². The van der Waals surface area contributed by atoms with Gasteiger partial charge >= 0.3 is 29.6 Å². The van der Waals surface area contributed by atoms with E-state index in [4.69, 9.17) is 4.89 Å². The number of phosphoric ester groups is 1. The summed E-state index contributed by atoms with van der Waals surface area (Å²) in [7, 11) is -1.16. The molecule has 0 aromatic heterocycles. The zero-order chi connectivity index (χ0) is 15.2. The van der Waals surface area contributed by atoms with Gasteiger partial charge in [-0.05, 0) is 12.8 Å². The Labute approximate surface area is 144 Å². The summed E-state index contributed by atoms with van der Waals surface area (Å²) in [4.78, 5) is 19.2. The van der Waals surface area contributed by atoms with Gasteiger partial charge in [-0.2, -0.15) is 0 Å². The van der Waals surface area contributed by atoms with Crippen LogP contribution in [0.1, 0.15) is 46.0 Å². The van der Waals surface area contributed by atoms with Crippen molar-refractivity contribution in [2.45, 2.75) is 51.7 Å². The van der Waals surface area contributed by atoms with Crippen LogP contribution in [0.15, 0.2) is 0 Å². The number of unbranched alkanes of at least 4 members (excludes halogenated alkanes) is 4. The van der Waals surface area contributed by atoms with E-state index in [9.17, 15) is 14.6 Å². The summed E-state index contributed by atoms with van der Waals surface area (Å²) in [5, 5.41) is 10.3. The van der Waals surface area contributed by atoms with E-state index >= 15 is 0 Å². The van der Waals surface area contributed by atoms with Crippen LogP contribution in [-0.2, 0) is 9.09 Å². The fraction of sp³-hybridized carbons (Fsp3) is 1.00. The van der Waals surface area contributed by atoms with Crippen LogP contribution in [0.4, 0.5) is 0 Å². The van der Waals surface area contributed by atoms with Crippen LogP contribution < -0.4 is 34.5 Å². The van der Waals surface area contributed by atoms with E-state index in [2.05, 4.69) is 11.4 Å². The molecule has 0 aromatic rings. The first-order chi connectivity index (χ1) is 8.52. The Bertz CT molecular complexity index is 306. The summed E-state index contributed by atoms with van der Waals surface area (Å²) in [6, 6.07) is 0. The van der Waals surface area contributed by atoms with Crippen molar-refractivity contribution >= 4 is 7.82 Å². The number of nitrogens with zero attached hydrogens (tertiary/aromatic N) is 1. The Balaban J connectivity index is 0.